The zero-order valence-corrected chi connectivity index (χ0v) is 25.1. The molecule has 3 aliphatic carbocycles. The second kappa shape index (κ2) is 13.3. The molecule has 228 valence electrons. The Morgan fingerprint density at radius 3 is 1.23 bits per heavy atom. The van der Waals surface area contributed by atoms with E-state index in [9.17, 15) is 18.0 Å². The molecule has 0 unspecified atom stereocenters. The highest BCUT2D eigenvalue weighted by atomic mass is 19.4. The van der Waals surface area contributed by atoms with Gasteiger partial charge in [-0.15, -0.1) is 0 Å². The monoisotopic (exact) mass is 588 g/mol. The summed E-state index contributed by atoms with van der Waals surface area (Å²) in [7, 11) is 0. The molecule has 0 bridgehead atoms. The van der Waals surface area contributed by atoms with Gasteiger partial charge in [0, 0.05) is 11.1 Å². The van der Waals surface area contributed by atoms with Crippen molar-refractivity contribution in [2.24, 2.45) is 0 Å². The summed E-state index contributed by atoms with van der Waals surface area (Å²) in [5.41, 5.74) is 7.10. The smallest absolute Gasteiger partial charge is 0.419 e. The molecule has 6 rings (SSSR count). The fraction of sp³-hybridized carbons (Fsp3) is 0.500. The highest BCUT2D eigenvalue weighted by molar-refractivity contribution is 5.90. The lowest BCUT2D eigenvalue weighted by atomic mass is 9.68. The highest BCUT2D eigenvalue weighted by Crippen LogP contribution is 2.57. The summed E-state index contributed by atoms with van der Waals surface area (Å²) in [6, 6.07) is 20.4. The topological polar surface area (TPSA) is 26.3 Å². The Bertz CT molecular complexity index is 1300. The maximum atomic E-state index is 14.0. The Balaban J connectivity index is 1.77. The van der Waals surface area contributed by atoms with E-state index in [0.29, 0.717) is 5.92 Å². The fourth-order valence-electron chi connectivity index (χ4n) is 8.24. The zero-order chi connectivity index (χ0) is 29.8. The Morgan fingerprint density at radius 2 is 0.884 bits per heavy atom. The first kappa shape index (κ1) is 30.0. The van der Waals surface area contributed by atoms with Gasteiger partial charge in [-0.25, -0.2) is 4.79 Å². The number of carbonyl (C=O) groups is 1. The zero-order valence-electron chi connectivity index (χ0n) is 25.1. The first-order valence-corrected chi connectivity index (χ1v) is 16.6. The molecular weight excluding hydrogens is 545 g/mol. The van der Waals surface area contributed by atoms with Crippen LogP contribution in [0, 0.1) is 0 Å². The number of hydrogen-bond donors (Lipinski definition) is 0. The Morgan fingerprint density at radius 1 is 0.535 bits per heavy atom. The van der Waals surface area contributed by atoms with Gasteiger partial charge in [0.15, 0.2) is 0 Å². The lowest BCUT2D eigenvalue weighted by Crippen LogP contribution is -2.30. The lowest BCUT2D eigenvalue weighted by molar-refractivity contribution is -0.189. The Labute approximate surface area is 254 Å². The molecule has 2 nitrogen and oxygen atoms in total. The SMILES string of the molecule is O=C(Oc1c(C2CCCCC2)c(-c2ccccc2)c(C2CCCCC2)c(-c2ccccc2)c1C1CCCCC1)C(F)(F)F. The molecule has 0 radical (unpaired) electrons. The van der Waals surface area contributed by atoms with E-state index in [1.54, 1.807) is 0 Å². The average molecular weight is 589 g/mol. The third-order valence-corrected chi connectivity index (χ3v) is 10.2. The first-order valence-electron chi connectivity index (χ1n) is 16.6. The average Bonchev–Trinajstić information content (AvgIpc) is 3.05. The van der Waals surface area contributed by atoms with Crippen LogP contribution in [0.5, 0.6) is 5.75 Å². The molecule has 5 heteroatoms. The van der Waals surface area contributed by atoms with E-state index >= 15 is 0 Å². The van der Waals surface area contributed by atoms with Gasteiger partial charge >= 0.3 is 12.1 Å². The van der Waals surface area contributed by atoms with Crippen molar-refractivity contribution in [1.82, 2.24) is 0 Å². The molecular formula is C38H43F3O2. The number of halogens is 3. The van der Waals surface area contributed by atoms with Gasteiger partial charge in [-0.3, -0.25) is 0 Å². The number of hydrogen-bond acceptors (Lipinski definition) is 2. The summed E-state index contributed by atoms with van der Waals surface area (Å²) < 4.78 is 47.8. The van der Waals surface area contributed by atoms with Crippen molar-refractivity contribution < 1.29 is 22.7 Å². The summed E-state index contributed by atoms with van der Waals surface area (Å²) in [6.45, 7) is 0. The van der Waals surface area contributed by atoms with Gasteiger partial charge in [0.05, 0.1) is 0 Å². The van der Waals surface area contributed by atoms with Crippen LogP contribution in [-0.2, 0) is 4.79 Å². The van der Waals surface area contributed by atoms with Gasteiger partial charge in [0.1, 0.15) is 5.75 Å². The number of esters is 1. The highest BCUT2D eigenvalue weighted by Gasteiger charge is 2.44. The van der Waals surface area contributed by atoms with Crippen LogP contribution in [-0.4, -0.2) is 12.1 Å². The number of rotatable bonds is 6. The predicted octanol–water partition coefficient (Wildman–Crippen LogP) is 11.6. The summed E-state index contributed by atoms with van der Waals surface area (Å²) in [5.74, 6) is -1.48. The molecule has 0 heterocycles. The van der Waals surface area contributed by atoms with Gasteiger partial charge in [-0.1, -0.05) is 118 Å². The van der Waals surface area contributed by atoms with Crippen LogP contribution in [0.4, 0.5) is 13.2 Å². The molecule has 0 aromatic heterocycles. The van der Waals surface area contributed by atoms with Crippen molar-refractivity contribution in [3.8, 4) is 28.0 Å². The molecule has 3 aromatic carbocycles. The fourth-order valence-corrected chi connectivity index (χ4v) is 8.24. The first-order chi connectivity index (χ1) is 20.9. The molecule has 3 fully saturated rings. The van der Waals surface area contributed by atoms with Crippen LogP contribution >= 0.6 is 0 Å². The van der Waals surface area contributed by atoms with Crippen molar-refractivity contribution in [2.75, 3.05) is 0 Å². The van der Waals surface area contributed by atoms with Crippen molar-refractivity contribution in [1.29, 1.82) is 0 Å². The van der Waals surface area contributed by atoms with E-state index in [4.69, 9.17) is 4.74 Å². The van der Waals surface area contributed by atoms with Crippen LogP contribution in [0.3, 0.4) is 0 Å². The van der Waals surface area contributed by atoms with E-state index in [1.807, 2.05) is 36.4 Å². The minimum absolute atomic E-state index is 0.0505. The molecule has 0 aliphatic heterocycles. The maximum Gasteiger partial charge on any atom is 0.491 e. The van der Waals surface area contributed by atoms with Gasteiger partial charge in [0.2, 0.25) is 0 Å². The largest absolute Gasteiger partial charge is 0.491 e. The van der Waals surface area contributed by atoms with Crippen LogP contribution in [0.25, 0.3) is 22.3 Å². The van der Waals surface area contributed by atoms with Crippen LogP contribution in [0.15, 0.2) is 60.7 Å². The second-order valence-corrected chi connectivity index (χ2v) is 12.9. The van der Waals surface area contributed by atoms with Gasteiger partial charge in [-0.2, -0.15) is 13.2 Å². The summed E-state index contributed by atoms with van der Waals surface area (Å²) in [6.07, 6.45) is 10.5. The van der Waals surface area contributed by atoms with Gasteiger partial charge in [0.25, 0.3) is 0 Å². The Kier molecular flexibility index (Phi) is 9.25. The van der Waals surface area contributed by atoms with Crippen LogP contribution < -0.4 is 4.74 Å². The van der Waals surface area contributed by atoms with Crippen LogP contribution in [0.2, 0.25) is 0 Å². The standard InChI is InChI=1S/C38H43F3O2/c39-38(40,41)37(42)43-36-34(29-22-12-4-13-23-29)32(27-18-8-2-9-19-27)31(26-16-6-1-7-17-26)33(28-20-10-3-11-21-28)35(36)30-24-14-5-15-25-30/h2-3,8-11,18-21,26,29-30H,1,4-7,12-17,22-25H2. The Hall–Kier alpha value is -3.08. The lowest BCUT2D eigenvalue weighted by Gasteiger charge is -2.37. The quantitative estimate of drug-likeness (QED) is 0.211. The van der Waals surface area contributed by atoms with E-state index < -0.39 is 12.1 Å². The van der Waals surface area contributed by atoms with E-state index in [1.165, 1.54) is 12.0 Å². The van der Waals surface area contributed by atoms with Crippen molar-refractivity contribution in [3.63, 3.8) is 0 Å². The summed E-state index contributed by atoms with van der Waals surface area (Å²) >= 11 is 0. The molecule has 0 amide bonds. The van der Waals surface area contributed by atoms with E-state index in [2.05, 4.69) is 24.3 Å². The minimum atomic E-state index is -5.07. The number of carbonyl (C=O) groups excluding carboxylic acids is 1. The number of alkyl halides is 3. The molecule has 3 aliphatic rings. The van der Waals surface area contributed by atoms with Gasteiger partial charge < -0.3 is 4.74 Å². The number of benzene rings is 3. The molecule has 43 heavy (non-hydrogen) atoms. The van der Waals surface area contributed by atoms with Crippen molar-refractivity contribution in [2.45, 2.75) is 120 Å². The maximum absolute atomic E-state index is 14.0. The second-order valence-electron chi connectivity index (χ2n) is 12.9. The summed E-state index contributed by atoms with van der Waals surface area (Å²) in [5, 5.41) is 0. The molecule has 0 spiro atoms. The van der Waals surface area contributed by atoms with Gasteiger partial charge in [-0.05, 0) is 84.1 Å². The normalized spacial score (nSPS) is 19.3. The number of ether oxygens (including phenoxy) is 1. The van der Waals surface area contributed by atoms with Crippen molar-refractivity contribution in [3.05, 3.63) is 77.4 Å². The molecule has 3 saturated carbocycles. The van der Waals surface area contributed by atoms with Crippen molar-refractivity contribution >= 4 is 5.97 Å². The molecule has 3 aromatic rings. The predicted molar refractivity (Wildman–Crippen MR) is 166 cm³/mol. The van der Waals surface area contributed by atoms with E-state index in [-0.39, 0.29) is 17.6 Å². The summed E-state index contributed by atoms with van der Waals surface area (Å²) in [4.78, 5) is 12.8. The molecule has 0 atom stereocenters. The third-order valence-electron chi connectivity index (χ3n) is 10.2. The third kappa shape index (κ3) is 6.42. The van der Waals surface area contributed by atoms with Crippen LogP contribution in [0.1, 0.15) is 131 Å². The van der Waals surface area contributed by atoms with E-state index in [0.717, 1.165) is 123 Å². The molecule has 0 saturated heterocycles. The minimum Gasteiger partial charge on any atom is -0.419 e. The molecule has 0 N–H and O–H groups in total.